The highest BCUT2D eigenvalue weighted by Gasteiger charge is 2.14. The van der Waals surface area contributed by atoms with Crippen LogP contribution in [0, 0.1) is 5.82 Å². The van der Waals surface area contributed by atoms with E-state index in [2.05, 4.69) is 5.32 Å². The number of rotatable bonds is 10. The zero-order valence-corrected chi connectivity index (χ0v) is 14.7. The first kappa shape index (κ1) is 20.6. The molecule has 0 unspecified atom stereocenters. The van der Waals surface area contributed by atoms with E-state index in [1.807, 2.05) is 13.8 Å². The lowest BCUT2D eigenvalue weighted by molar-refractivity contribution is -0.131. The van der Waals surface area contributed by atoms with Crippen molar-refractivity contribution in [1.82, 2.24) is 4.90 Å². The highest BCUT2D eigenvalue weighted by Crippen LogP contribution is 2.17. The SMILES string of the molecule is CCCN(CCC)C(=O)CCCC(=O)Nc1cc(C(=O)O)ccc1F. The van der Waals surface area contributed by atoms with Crippen LogP contribution in [0.2, 0.25) is 0 Å². The summed E-state index contributed by atoms with van der Waals surface area (Å²) < 4.78 is 13.7. The Balaban J connectivity index is 2.51. The molecule has 0 atom stereocenters. The quantitative estimate of drug-likeness (QED) is 0.676. The molecule has 0 aliphatic rings. The second kappa shape index (κ2) is 10.4. The summed E-state index contributed by atoms with van der Waals surface area (Å²) in [5, 5.41) is 11.3. The predicted molar refractivity (Wildman–Crippen MR) is 93.0 cm³/mol. The number of aromatic carboxylic acids is 1. The van der Waals surface area contributed by atoms with Crippen LogP contribution in [0.5, 0.6) is 0 Å². The second-order valence-electron chi connectivity index (χ2n) is 5.78. The Bertz CT molecular complexity index is 613. The lowest BCUT2D eigenvalue weighted by Crippen LogP contribution is -2.32. The molecule has 1 aromatic rings. The van der Waals surface area contributed by atoms with Crippen molar-refractivity contribution in [2.24, 2.45) is 0 Å². The summed E-state index contributed by atoms with van der Waals surface area (Å²) in [5.74, 6) is -2.35. The first-order valence-electron chi connectivity index (χ1n) is 8.49. The van der Waals surface area contributed by atoms with Gasteiger partial charge in [-0.25, -0.2) is 9.18 Å². The molecular weight excluding hydrogens is 327 g/mol. The average Bonchev–Trinajstić information content (AvgIpc) is 2.56. The van der Waals surface area contributed by atoms with E-state index >= 15 is 0 Å². The van der Waals surface area contributed by atoms with E-state index in [-0.39, 0.29) is 30.0 Å². The maximum absolute atomic E-state index is 13.7. The van der Waals surface area contributed by atoms with Crippen molar-refractivity contribution >= 4 is 23.5 Å². The van der Waals surface area contributed by atoms with Crippen LogP contribution in [0.15, 0.2) is 18.2 Å². The average molecular weight is 352 g/mol. The minimum Gasteiger partial charge on any atom is -0.478 e. The van der Waals surface area contributed by atoms with E-state index in [9.17, 15) is 18.8 Å². The summed E-state index contributed by atoms with van der Waals surface area (Å²) in [5.41, 5.74) is -0.281. The standard InChI is InChI=1S/C18H25FN2O4/c1-3-10-21(11-4-2)17(23)7-5-6-16(22)20-15-12-13(18(24)25)8-9-14(15)19/h8-9,12H,3-7,10-11H2,1-2H3,(H,20,22)(H,24,25). The van der Waals surface area contributed by atoms with Crippen LogP contribution >= 0.6 is 0 Å². The number of halogens is 1. The van der Waals surface area contributed by atoms with Gasteiger partial charge in [0.2, 0.25) is 11.8 Å². The van der Waals surface area contributed by atoms with Crippen LogP contribution in [0.25, 0.3) is 0 Å². The highest BCUT2D eigenvalue weighted by molar-refractivity contribution is 5.94. The molecule has 0 aliphatic carbocycles. The van der Waals surface area contributed by atoms with Gasteiger partial charge in [-0.1, -0.05) is 13.8 Å². The Kier molecular flexibility index (Phi) is 8.60. The topological polar surface area (TPSA) is 86.7 Å². The van der Waals surface area contributed by atoms with E-state index in [1.54, 1.807) is 4.90 Å². The van der Waals surface area contributed by atoms with Crippen molar-refractivity contribution in [2.75, 3.05) is 18.4 Å². The Morgan fingerprint density at radius 1 is 1.12 bits per heavy atom. The fourth-order valence-electron chi connectivity index (χ4n) is 2.43. The number of hydrogen-bond donors (Lipinski definition) is 2. The highest BCUT2D eigenvalue weighted by atomic mass is 19.1. The molecule has 2 amide bonds. The number of carbonyl (C=O) groups is 3. The number of anilines is 1. The molecule has 0 spiro atoms. The molecule has 1 aromatic carbocycles. The van der Waals surface area contributed by atoms with Gasteiger partial charge in [-0.15, -0.1) is 0 Å². The van der Waals surface area contributed by atoms with Crippen LogP contribution < -0.4 is 5.32 Å². The van der Waals surface area contributed by atoms with Crippen LogP contribution in [0.4, 0.5) is 10.1 Å². The lowest BCUT2D eigenvalue weighted by atomic mass is 10.1. The minimum absolute atomic E-state index is 0.00977. The Morgan fingerprint density at radius 2 is 1.76 bits per heavy atom. The molecule has 6 nitrogen and oxygen atoms in total. The number of carboxylic acids is 1. The summed E-state index contributed by atoms with van der Waals surface area (Å²) in [7, 11) is 0. The summed E-state index contributed by atoms with van der Waals surface area (Å²) in [6, 6.07) is 3.20. The smallest absolute Gasteiger partial charge is 0.335 e. The largest absolute Gasteiger partial charge is 0.478 e. The van der Waals surface area contributed by atoms with Crippen LogP contribution in [-0.2, 0) is 9.59 Å². The number of nitrogens with zero attached hydrogens (tertiary/aromatic N) is 1. The van der Waals surface area contributed by atoms with E-state index in [4.69, 9.17) is 5.11 Å². The van der Waals surface area contributed by atoms with Crippen molar-refractivity contribution in [3.8, 4) is 0 Å². The van der Waals surface area contributed by atoms with E-state index < -0.39 is 17.7 Å². The second-order valence-corrected chi connectivity index (χ2v) is 5.78. The Morgan fingerprint density at radius 3 is 2.32 bits per heavy atom. The third-order valence-electron chi connectivity index (χ3n) is 3.62. The normalized spacial score (nSPS) is 10.4. The molecule has 0 radical (unpaired) electrons. The first-order chi connectivity index (χ1) is 11.9. The molecule has 0 saturated heterocycles. The molecule has 25 heavy (non-hydrogen) atoms. The van der Waals surface area contributed by atoms with E-state index in [1.165, 1.54) is 0 Å². The van der Waals surface area contributed by atoms with Gasteiger partial charge in [0.05, 0.1) is 11.3 Å². The Hall–Kier alpha value is -2.44. The van der Waals surface area contributed by atoms with Crippen molar-refractivity contribution in [2.45, 2.75) is 46.0 Å². The van der Waals surface area contributed by atoms with Gasteiger partial charge >= 0.3 is 5.97 Å². The molecule has 0 saturated carbocycles. The summed E-state index contributed by atoms with van der Waals surface area (Å²) >= 11 is 0. The van der Waals surface area contributed by atoms with Gasteiger partial charge in [0, 0.05) is 25.9 Å². The maximum atomic E-state index is 13.7. The van der Waals surface area contributed by atoms with E-state index in [0.717, 1.165) is 31.0 Å². The minimum atomic E-state index is -1.20. The third-order valence-corrected chi connectivity index (χ3v) is 3.62. The van der Waals surface area contributed by atoms with E-state index in [0.29, 0.717) is 19.5 Å². The molecule has 0 aliphatic heterocycles. The molecule has 138 valence electrons. The molecule has 1 rings (SSSR count). The van der Waals surface area contributed by atoms with Gasteiger partial charge in [-0.2, -0.15) is 0 Å². The van der Waals surface area contributed by atoms with Gasteiger partial charge in [0.25, 0.3) is 0 Å². The van der Waals surface area contributed by atoms with Gasteiger partial charge in [0.1, 0.15) is 5.82 Å². The first-order valence-corrected chi connectivity index (χ1v) is 8.49. The van der Waals surface area contributed by atoms with Crippen molar-refractivity contribution in [3.63, 3.8) is 0 Å². The van der Waals surface area contributed by atoms with Gasteiger partial charge in [-0.3, -0.25) is 9.59 Å². The van der Waals surface area contributed by atoms with Crippen molar-refractivity contribution in [3.05, 3.63) is 29.6 Å². The van der Waals surface area contributed by atoms with Crippen LogP contribution in [0.3, 0.4) is 0 Å². The number of hydrogen-bond acceptors (Lipinski definition) is 3. The molecule has 2 N–H and O–H groups in total. The number of amides is 2. The van der Waals surface area contributed by atoms with Crippen molar-refractivity contribution in [1.29, 1.82) is 0 Å². The van der Waals surface area contributed by atoms with Crippen LogP contribution in [0.1, 0.15) is 56.3 Å². The summed E-state index contributed by atoms with van der Waals surface area (Å²) in [6.07, 6.45) is 2.44. The fraction of sp³-hybridized carbons (Fsp3) is 0.500. The molecule has 0 fully saturated rings. The molecule has 7 heteroatoms. The van der Waals surface area contributed by atoms with Crippen molar-refractivity contribution < 1.29 is 23.9 Å². The number of benzene rings is 1. The fourth-order valence-corrected chi connectivity index (χ4v) is 2.43. The molecular formula is C18H25FN2O4. The van der Waals surface area contributed by atoms with Gasteiger partial charge in [0.15, 0.2) is 0 Å². The number of carboxylic acid groups (broad SMARTS) is 1. The monoisotopic (exact) mass is 352 g/mol. The summed E-state index contributed by atoms with van der Waals surface area (Å²) in [6.45, 7) is 5.41. The molecule has 0 bridgehead atoms. The summed E-state index contributed by atoms with van der Waals surface area (Å²) in [4.78, 5) is 36.7. The predicted octanol–water partition coefficient (Wildman–Crippen LogP) is 3.28. The maximum Gasteiger partial charge on any atom is 0.335 e. The Labute approximate surface area is 147 Å². The third kappa shape index (κ3) is 6.91. The van der Waals surface area contributed by atoms with Crippen LogP contribution in [-0.4, -0.2) is 40.9 Å². The number of carbonyl (C=O) groups excluding carboxylic acids is 2. The van der Waals surface area contributed by atoms with Gasteiger partial charge in [-0.05, 0) is 37.5 Å². The number of nitrogens with one attached hydrogen (secondary N) is 1. The van der Waals surface area contributed by atoms with Gasteiger partial charge < -0.3 is 15.3 Å². The molecule has 0 heterocycles. The lowest BCUT2D eigenvalue weighted by Gasteiger charge is -2.21. The zero-order valence-electron chi connectivity index (χ0n) is 14.7. The molecule has 0 aromatic heterocycles. The zero-order chi connectivity index (χ0) is 18.8.